The molecule has 0 saturated carbocycles. The maximum atomic E-state index is 13.4. The molecule has 3 aromatic rings. The van der Waals surface area contributed by atoms with Gasteiger partial charge in [-0.2, -0.15) is 0 Å². The number of nitrogens with zero attached hydrogens (tertiary/aromatic N) is 3. The number of nitrogens with one attached hydrogen (secondary N) is 1. The number of carbonyl (C=O) groups excluding carboxylic acids is 1. The van der Waals surface area contributed by atoms with Gasteiger partial charge in [-0.1, -0.05) is 32.0 Å². The molecule has 0 aliphatic carbocycles. The molecule has 0 amide bonds. The Morgan fingerprint density at radius 3 is 2.68 bits per heavy atom. The van der Waals surface area contributed by atoms with Gasteiger partial charge in [-0.3, -0.25) is 9.36 Å². The Labute approximate surface area is 200 Å². The van der Waals surface area contributed by atoms with E-state index in [0.717, 1.165) is 37.1 Å². The zero-order chi connectivity index (χ0) is 24.6. The third-order valence-electron chi connectivity index (χ3n) is 6.68. The summed E-state index contributed by atoms with van der Waals surface area (Å²) in [6, 6.07) is 11.1. The normalized spacial score (nSPS) is 16.4. The summed E-state index contributed by atoms with van der Waals surface area (Å²) in [4.78, 5) is 33.0. The van der Waals surface area contributed by atoms with Gasteiger partial charge in [-0.25, -0.2) is 9.78 Å². The number of esters is 1. The number of fused-ring (bicyclic) bond motifs is 1. The van der Waals surface area contributed by atoms with Crippen molar-refractivity contribution in [3.8, 4) is 0 Å². The second-order valence-corrected chi connectivity index (χ2v) is 10.1. The van der Waals surface area contributed by atoms with E-state index in [0.29, 0.717) is 28.1 Å². The predicted octanol–water partition coefficient (Wildman–Crippen LogP) is 4.83. The van der Waals surface area contributed by atoms with Crippen molar-refractivity contribution in [2.75, 3.05) is 30.4 Å². The number of rotatable bonds is 5. The van der Waals surface area contributed by atoms with Crippen molar-refractivity contribution in [3.05, 3.63) is 63.4 Å². The number of para-hydroxylation sites is 1. The molecule has 1 aliphatic rings. The molecule has 1 unspecified atom stereocenters. The van der Waals surface area contributed by atoms with Crippen LogP contribution in [-0.2, 0) is 11.8 Å². The number of methoxy groups -OCH3 is 1. The summed E-state index contributed by atoms with van der Waals surface area (Å²) in [6.45, 7) is 10.3. The standard InChI is InChI=1S/C27H34N4O3/c1-17-14-20(18(2)28-22-11-8-7-10-19(22)25(33)34-6)23-21(15-17)24(32)30(5)26(29-23)31-13-9-12-27(3,4)16-31/h7-8,10-11,14-15,18,28H,9,12-13,16H2,1-6H3. The Kier molecular flexibility index (Phi) is 6.39. The number of aryl methyl sites for hydroxylation is 1. The highest BCUT2D eigenvalue weighted by Gasteiger charge is 2.29. The van der Waals surface area contributed by atoms with Gasteiger partial charge in [0.15, 0.2) is 0 Å². The van der Waals surface area contributed by atoms with Crippen LogP contribution in [0, 0.1) is 12.3 Å². The van der Waals surface area contributed by atoms with Gasteiger partial charge < -0.3 is 15.0 Å². The third-order valence-corrected chi connectivity index (χ3v) is 6.68. The van der Waals surface area contributed by atoms with Crippen molar-refractivity contribution in [1.29, 1.82) is 0 Å². The van der Waals surface area contributed by atoms with Gasteiger partial charge in [0.1, 0.15) is 0 Å². The van der Waals surface area contributed by atoms with Gasteiger partial charge in [0.05, 0.1) is 29.6 Å². The van der Waals surface area contributed by atoms with Crippen molar-refractivity contribution < 1.29 is 9.53 Å². The van der Waals surface area contributed by atoms with E-state index in [2.05, 4.69) is 30.1 Å². The summed E-state index contributed by atoms with van der Waals surface area (Å²) < 4.78 is 6.62. The van der Waals surface area contributed by atoms with Gasteiger partial charge in [0.2, 0.25) is 5.95 Å². The molecule has 0 spiro atoms. The SMILES string of the molecule is COC(=O)c1ccccc1NC(C)c1cc(C)cc2c(=O)n(C)c(N3CCCC(C)(C)C3)nc12. The summed E-state index contributed by atoms with van der Waals surface area (Å²) in [5, 5.41) is 4.05. The molecule has 0 bridgehead atoms. The monoisotopic (exact) mass is 462 g/mol. The molecular weight excluding hydrogens is 428 g/mol. The number of hydrogen-bond donors (Lipinski definition) is 1. The number of anilines is 2. The van der Waals surface area contributed by atoms with Crippen molar-refractivity contribution in [2.24, 2.45) is 12.5 Å². The number of piperidine rings is 1. The fraction of sp³-hybridized carbons (Fsp3) is 0.444. The molecule has 1 saturated heterocycles. The summed E-state index contributed by atoms with van der Waals surface area (Å²) >= 11 is 0. The van der Waals surface area contributed by atoms with Gasteiger partial charge in [-0.15, -0.1) is 0 Å². The van der Waals surface area contributed by atoms with E-state index < -0.39 is 5.97 Å². The Hall–Kier alpha value is -3.35. The third kappa shape index (κ3) is 4.52. The number of ether oxygens (including phenoxy) is 1. The second kappa shape index (κ2) is 9.12. The van der Waals surface area contributed by atoms with E-state index in [1.165, 1.54) is 7.11 Å². The smallest absolute Gasteiger partial charge is 0.339 e. The summed E-state index contributed by atoms with van der Waals surface area (Å²) in [5.41, 5.74) is 3.88. The first kappa shape index (κ1) is 23.8. The molecule has 2 aromatic carbocycles. The largest absolute Gasteiger partial charge is 0.465 e. The lowest BCUT2D eigenvalue weighted by Gasteiger charge is -2.39. The molecule has 2 heterocycles. The molecule has 1 aromatic heterocycles. The van der Waals surface area contributed by atoms with E-state index in [-0.39, 0.29) is 17.0 Å². The van der Waals surface area contributed by atoms with E-state index in [4.69, 9.17) is 9.72 Å². The van der Waals surface area contributed by atoms with Crippen molar-refractivity contribution >= 4 is 28.5 Å². The first-order chi connectivity index (χ1) is 16.1. The lowest BCUT2D eigenvalue weighted by atomic mass is 9.84. The molecule has 1 aliphatic heterocycles. The number of carbonyl (C=O) groups is 1. The summed E-state index contributed by atoms with van der Waals surface area (Å²) in [7, 11) is 3.18. The molecule has 1 fully saturated rings. The fourth-order valence-electron chi connectivity index (χ4n) is 4.96. The van der Waals surface area contributed by atoms with Crippen LogP contribution < -0.4 is 15.8 Å². The molecule has 34 heavy (non-hydrogen) atoms. The fourth-order valence-corrected chi connectivity index (χ4v) is 4.96. The zero-order valence-electron chi connectivity index (χ0n) is 20.9. The minimum Gasteiger partial charge on any atom is -0.465 e. The Bertz CT molecular complexity index is 1300. The lowest BCUT2D eigenvalue weighted by molar-refractivity contribution is 0.0602. The van der Waals surface area contributed by atoms with Gasteiger partial charge >= 0.3 is 5.97 Å². The summed E-state index contributed by atoms with van der Waals surface area (Å²) in [5.74, 6) is 0.309. The average molecular weight is 463 g/mol. The first-order valence-corrected chi connectivity index (χ1v) is 11.8. The van der Waals surface area contributed by atoms with Crippen LogP contribution in [0.15, 0.2) is 41.2 Å². The zero-order valence-corrected chi connectivity index (χ0v) is 20.9. The molecule has 4 rings (SSSR count). The second-order valence-electron chi connectivity index (χ2n) is 10.1. The molecule has 180 valence electrons. The quantitative estimate of drug-likeness (QED) is 0.548. The maximum absolute atomic E-state index is 13.4. The minimum absolute atomic E-state index is 0.0458. The van der Waals surface area contributed by atoms with Crippen LogP contribution in [0.1, 0.15) is 61.1 Å². The molecular formula is C27H34N4O3. The van der Waals surface area contributed by atoms with Gasteiger partial charge in [0, 0.05) is 31.4 Å². The van der Waals surface area contributed by atoms with E-state index in [9.17, 15) is 9.59 Å². The molecule has 7 nitrogen and oxygen atoms in total. The van der Waals surface area contributed by atoms with Gasteiger partial charge in [-0.05, 0) is 55.9 Å². The van der Waals surface area contributed by atoms with Gasteiger partial charge in [0.25, 0.3) is 5.56 Å². The van der Waals surface area contributed by atoms with E-state index in [1.807, 2.05) is 45.2 Å². The van der Waals surface area contributed by atoms with E-state index >= 15 is 0 Å². The Morgan fingerprint density at radius 2 is 1.97 bits per heavy atom. The van der Waals surface area contributed by atoms with Crippen LogP contribution in [0.3, 0.4) is 0 Å². The molecule has 1 N–H and O–H groups in total. The number of hydrogen-bond acceptors (Lipinski definition) is 6. The van der Waals surface area contributed by atoms with Crippen LogP contribution >= 0.6 is 0 Å². The highest BCUT2D eigenvalue weighted by Crippen LogP contribution is 2.32. The topological polar surface area (TPSA) is 76.5 Å². The average Bonchev–Trinajstić information content (AvgIpc) is 2.80. The van der Waals surface area contributed by atoms with E-state index in [1.54, 1.807) is 10.6 Å². The van der Waals surface area contributed by atoms with Crippen LogP contribution in [0.4, 0.5) is 11.6 Å². The highest BCUT2D eigenvalue weighted by atomic mass is 16.5. The maximum Gasteiger partial charge on any atom is 0.339 e. The molecule has 7 heteroatoms. The Balaban J connectivity index is 1.81. The van der Waals surface area contributed by atoms with Crippen LogP contribution in [0.25, 0.3) is 10.9 Å². The number of aromatic nitrogens is 2. The van der Waals surface area contributed by atoms with Crippen molar-refractivity contribution in [1.82, 2.24) is 9.55 Å². The number of benzene rings is 2. The van der Waals surface area contributed by atoms with Crippen LogP contribution in [0.2, 0.25) is 0 Å². The first-order valence-electron chi connectivity index (χ1n) is 11.8. The summed E-state index contributed by atoms with van der Waals surface area (Å²) in [6.07, 6.45) is 2.24. The Morgan fingerprint density at radius 1 is 1.24 bits per heavy atom. The molecule has 0 radical (unpaired) electrons. The van der Waals surface area contributed by atoms with Crippen LogP contribution in [-0.4, -0.2) is 35.7 Å². The highest BCUT2D eigenvalue weighted by molar-refractivity contribution is 5.95. The van der Waals surface area contributed by atoms with Crippen molar-refractivity contribution in [2.45, 2.75) is 46.6 Å². The van der Waals surface area contributed by atoms with Crippen molar-refractivity contribution in [3.63, 3.8) is 0 Å². The lowest BCUT2D eigenvalue weighted by Crippen LogP contribution is -2.43. The van der Waals surface area contributed by atoms with Crippen LogP contribution in [0.5, 0.6) is 0 Å². The minimum atomic E-state index is -0.397. The predicted molar refractivity (Wildman–Crippen MR) is 137 cm³/mol. The molecule has 1 atom stereocenters.